The normalized spacial score (nSPS) is 11.9. The Morgan fingerprint density at radius 2 is 0.918 bits per heavy atom. The van der Waals surface area contributed by atoms with E-state index < -0.39 is 50.3 Å². The van der Waals surface area contributed by atoms with Gasteiger partial charge >= 0.3 is 18.5 Å². The zero-order valence-corrected chi connectivity index (χ0v) is 26.3. The lowest BCUT2D eigenvalue weighted by Gasteiger charge is -2.06. The number of hydrogen-bond acceptors (Lipinski definition) is 8. The second-order valence-corrected chi connectivity index (χ2v) is 13.2. The van der Waals surface area contributed by atoms with E-state index in [1.165, 1.54) is 48.5 Å². The molecule has 0 bridgehead atoms. The number of benzene rings is 4. The number of hydrogen-bond donors (Lipinski definition) is 2. The summed E-state index contributed by atoms with van der Waals surface area (Å²) in [7, 11) is -8.11. The number of anilines is 2. The lowest BCUT2D eigenvalue weighted by molar-refractivity contribution is -0.156. The summed E-state index contributed by atoms with van der Waals surface area (Å²) in [6, 6.07) is 31.0. The number of halogens is 5. The van der Waals surface area contributed by atoms with Crippen LogP contribution < -0.4 is 9.44 Å². The SMILES string of the molecule is O=S(=O)(Nc1oc(C(F)(F)F)nc1-c1ccccc1)c1ccccc1.O=S(=O)(Nc1oc(C(F)F)nc1-c1ccccc1)c1ccccc1. The van der Waals surface area contributed by atoms with Crippen LogP contribution in [-0.2, 0) is 26.2 Å². The Labute approximate surface area is 276 Å². The predicted octanol–water partition coefficient (Wildman–Crippen LogP) is 8.24. The van der Waals surface area contributed by atoms with E-state index in [0.29, 0.717) is 5.56 Å². The highest BCUT2D eigenvalue weighted by atomic mass is 32.2. The van der Waals surface area contributed by atoms with Crippen molar-refractivity contribution in [3.63, 3.8) is 0 Å². The van der Waals surface area contributed by atoms with Crippen molar-refractivity contribution in [3.05, 3.63) is 133 Å². The predicted molar refractivity (Wildman–Crippen MR) is 168 cm³/mol. The second kappa shape index (κ2) is 14.3. The number of sulfonamides is 2. The maximum Gasteiger partial charge on any atom is 0.469 e. The van der Waals surface area contributed by atoms with Crippen LogP contribution >= 0.6 is 0 Å². The third-order valence-corrected chi connectivity index (χ3v) is 9.05. The van der Waals surface area contributed by atoms with Gasteiger partial charge in [0, 0.05) is 11.1 Å². The first-order valence-corrected chi connectivity index (χ1v) is 16.8. The molecule has 0 spiro atoms. The van der Waals surface area contributed by atoms with Gasteiger partial charge in [0.05, 0.1) is 9.79 Å². The Bertz CT molecular complexity index is 2220. The van der Waals surface area contributed by atoms with Crippen molar-refractivity contribution in [2.75, 3.05) is 9.44 Å². The second-order valence-electron chi connectivity index (χ2n) is 9.79. The van der Waals surface area contributed by atoms with Crippen molar-refractivity contribution in [2.24, 2.45) is 0 Å². The maximum absolute atomic E-state index is 12.9. The maximum atomic E-state index is 12.9. The number of rotatable bonds is 9. The van der Waals surface area contributed by atoms with Gasteiger partial charge in [0.25, 0.3) is 25.9 Å². The van der Waals surface area contributed by atoms with Crippen LogP contribution in [0.4, 0.5) is 33.7 Å². The number of oxazole rings is 2. The Hall–Kier alpha value is -5.55. The number of nitrogens with zero attached hydrogens (tertiary/aromatic N) is 2. The molecule has 0 atom stereocenters. The molecule has 0 amide bonds. The van der Waals surface area contributed by atoms with Crippen LogP contribution in [0.5, 0.6) is 0 Å². The number of nitrogens with one attached hydrogen (secondary N) is 2. The number of alkyl halides is 5. The Morgan fingerprint density at radius 1 is 0.551 bits per heavy atom. The van der Waals surface area contributed by atoms with Crippen LogP contribution in [0.2, 0.25) is 0 Å². The van der Waals surface area contributed by atoms with Gasteiger partial charge < -0.3 is 8.83 Å². The van der Waals surface area contributed by atoms with Gasteiger partial charge in [0.2, 0.25) is 11.8 Å². The molecule has 10 nitrogen and oxygen atoms in total. The van der Waals surface area contributed by atoms with Crippen LogP contribution in [0.1, 0.15) is 18.2 Å². The standard InChI is InChI=1S/C16H11F3N2O3S.C16H12F2N2O3S/c17-16(18,19)15-20-13(11-7-3-1-4-8-11)14(24-15)21-25(22,23)12-9-5-2-6-10-12;17-14(18)16-19-13(11-7-3-1-4-8-11)15(23-16)20-24(21,22)12-9-5-2-6-10-12/h1-10,21H;1-10,14,20H. The van der Waals surface area contributed by atoms with Gasteiger partial charge in [-0.3, -0.25) is 0 Å². The van der Waals surface area contributed by atoms with Crippen molar-refractivity contribution in [3.8, 4) is 22.5 Å². The number of aromatic nitrogens is 2. The summed E-state index contributed by atoms with van der Waals surface area (Å²) in [6.07, 6.45) is -7.80. The van der Waals surface area contributed by atoms with Crippen molar-refractivity contribution in [1.82, 2.24) is 9.97 Å². The average molecular weight is 719 g/mol. The lowest BCUT2D eigenvalue weighted by atomic mass is 10.2. The molecule has 0 aliphatic heterocycles. The van der Waals surface area contributed by atoms with Crippen molar-refractivity contribution in [2.45, 2.75) is 22.4 Å². The summed E-state index contributed by atoms with van der Waals surface area (Å²) >= 11 is 0. The molecule has 254 valence electrons. The molecule has 0 aliphatic carbocycles. The van der Waals surface area contributed by atoms with Crippen molar-refractivity contribution in [1.29, 1.82) is 0 Å². The highest BCUT2D eigenvalue weighted by Gasteiger charge is 2.39. The summed E-state index contributed by atoms with van der Waals surface area (Å²) in [5, 5.41) is 0. The van der Waals surface area contributed by atoms with Crippen LogP contribution in [-0.4, -0.2) is 26.8 Å². The quantitative estimate of drug-likeness (QED) is 0.142. The first-order valence-electron chi connectivity index (χ1n) is 13.9. The summed E-state index contributed by atoms with van der Waals surface area (Å²) in [5.74, 6) is -3.32. The van der Waals surface area contributed by atoms with Gasteiger partial charge in [0.15, 0.2) is 0 Å². The van der Waals surface area contributed by atoms with E-state index >= 15 is 0 Å². The van der Waals surface area contributed by atoms with E-state index in [1.54, 1.807) is 72.8 Å². The van der Waals surface area contributed by atoms with E-state index in [0.717, 1.165) is 0 Å². The molecule has 49 heavy (non-hydrogen) atoms. The third-order valence-electron chi connectivity index (χ3n) is 6.36. The Morgan fingerprint density at radius 3 is 1.31 bits per heavy atom. The van der Waals surface area contributed by atoms with Crippen LogP contribution in [0.15, 0.2) is 140 Å². The van der Waals surface area contributed by atoms with Crippen LogP contribution in [0, 0.1) is 0 Å². The summed E-state index contributed by atoms with van der Waals surface area (Å²) < 4.78 is 128. The molecule has 2 aromatic heterocycles. The minimum absolute atomic E-state index is 0.00501. The summed E-state index contributed by atoms with van der Waals surface area (Å²) in [4.78, 5) is 7.00. The lowest BCUT2D eigenvalue weighted by Crippen LogP contribution is -2.13. The van der Waals surface area contributed by atoms with Crippen molar-refractivity contribution >= 4 is 31.8 Å². The smallest absolute Gasteiger partial charge is 0.417 e. The zero-order chi connectivity index (χ0) is 35.2. The highest BCUT2D eigenvalue weighted by Crippen LogP contribution is 2.37. The van der Waals surface area contributed by atoms with E-state index in [2.05, 4.69) is 19.1 Å². The third kappa shape index (κ3) is 8.49. The van der Waals surface area contributed by atoms with Gasteiger partial charge in [-0.15, -0.1) is 0 Å². The molecule has 0 radical (unpaired) electrons. The molecule has 2 N–H and O–H groups in total. The average Bonchev–Trinajstić information content (AvgIpc) is 3.71. The first kappa shape index (κ1) is 34.8. The molecule has 17 heteroatoms. The van der Waals surface area contributed by atoms with E-state index in [4.69, 9.17) is 4.42 Å². The largest absolute Gasteiger partial charge is 0.469 e. The fourth-order valence-corrected chi connectivity index (χ4v) is 6.19. The molecule has 2 heterocycles. The molecular weight excluding hydrogens is 695 g/mol. The molecule has 0 aliphatic rings. The minimum Gasteiger partial charge on any atom is -0.417 e. The molecule has 6 rings (SSSR count). The van der Waals surface area contributed by atoms with E-state index in [1.807, 2.05) is 4.72 Å². The van der Waals surface area contributed by atoms with E-state index in [-0.39, 0.29) is 32.6 Å². The topological polar surface area (TPSA) is 144 Å². The molecule has 0 unspecified atom stereocenters. The fraction of sp³-hybridized carbons (Fsp3) is 0.0625. The van der Waals surface area contributed by atoms with Crippen LogP contribution in [0.3, 0.4) is 0 Å². The molecule has 0 saturated carbocycles. The van der Waals surface area contributed by atoms with Gasteiger partial charge in [-0.2, -0.15) is 22.0 Å². The van der Waals surface area contributed by atoms with Crippen LogP contribution in [0.25, 0.3) is 22.5 Å². The first-order chi connectivity index (χ1) is 23.2. The van der Waals surface area contributed by atoms with Gasteiger partial charge in [-0.05, 0) is 24.3 Å². The Kier molecular flexibility index (Phi) is 10.1. The minimum atomic E-state index is -4.85. The highest BCUT2D eigenvalue weighted by molar-refractivity contribution is 7.93. The summed E-state index contributed by atoms with van der Waals surface area (Å²) in [6.45, 7) is 0. The molecule has 0 saturated heterocycles. The molecule has 6 aromatic rings. The van der Waals surface area contributed by atoms with Gasteiger partial charge in [0.1, 0.15) is 11.4 Å². The van der Waals surface area contributed by atoms with Gasteiger partial charge in [-0.25, -0.2) is 36.2 Å². The zero-order valence-electron chi connectivity index (χ0n) is 24.7. The van der Waals surface area contributed by atoms with E-state index in [9.17, 15) is 38.8 Å². The summed E-state index contributed by atoms with van der Waals surface area (Å²) in [5.41, 5.74) is 0.504. The molecule has 4 aromatic carbocycles. The molecular formula is C32H23F5N4O6S2. The molecule has 0 fully saturated rings. The fourth-order valence-electron chi connectivity index (χ4n) is 4.15. The monoisotopic (exact) mass is 718 g/mol. The van der Waals surface area contributed by atoms with Crippen molar-refractivity contribution < 1.29 is 47.6 Å². The van der Waals surface area contributed by atoms with Gasteiger partial charge in [-0.1, -0.05) is 97.1 Å². The Balaban J connectivity index is 0.000000191.